The number of primary amides is 1. The Morgan fingerprint density at radius 3 is 2.61 bits per heavy atom. The molecule has 10 heteroatoms. The third-order valence-electron chi connectivity index (χ3n) is 4.07. The molecule has 5 N–H and O–H groups in total. The molecule has 0 saturated carbocycles. The largest absolute Gasteiger partial charge is 0.396 e. The molecule has 28 heavy (non-hydrogen) atoms. The first-order chi connectivity index (χ1) is 13.3. The summed E-state index contributed by atoms with van der Waals surface area (Å²) in [5.74, 6) is -2.63. The molecular weight excluding hydrogens is 390 g/mol. The van der Waals surface area contributed by atoms with E-state index in [2.05, 4.69) is 15.3 Å². The fourth-order valence-corrected chi connectivity index (χ4v) is 3.70. The first kappa shape index (κ1) is 19.6. The summed E-state index contributed by atoms with van der Waals surface area (Å²) in [4.78, 5) is 29.1. The third kappa shape index (κ3) is 3.92. The summed E-state index contributed by atoms with van der Waals surface area (Å²) in [6, 6.07) is 5.04. The van der Waals surface area contributed by atoms with Gasteiger partial charge in [0.2, 0.25) is 0 Å². The normalized spacial score (nSPS) is 12.0. The van der Waals surface area contributed by atoms with Crippen LogP contribution in [-0.4, -0.2) is 27.6 Å². The Morgan fingerprint density at radius 1 is 1.36 bits per heavy atom. The number of aliphatic hydroxyl groups is 1. The third-order valence-corrected chi connectivity index (χ3v) is 5.14. The summed E-state index contributed by atoms with van der Waals surface area (Å²) in [5.41, 5.74) is 4.80. The van der Waals surface area contributed by atoms with Gasteiger partial charge in [-0.15, -0.1) is 11.3 Å². The van der Waals surface area contributed by atoms with Crippen LogP contribution < -0.4 is 16.7 Å². The van der Waals surface area contributed by atoms with E-state index in [0.717, 1.165) is 23.5 Å². The molecule has 3 rings (SSSR count). The number of nitrogens with one attached hydrogen (secondary N) is 2. The minimum absolute atomic E-state index is 0.0178. The fourth-order valence-electron chi connectivity index (χ4n) is 2.57. The summed E-state index contributed by atoms with van der Waals surface area (Å²) in [5, 5.41) is 12.2. The van der Waals surface area contributed by atoms with Crippen molar-refractivity contribution in [3.63, 3.8) is 0 Å². The molecule has 0 aliphatic rings. The maximum atomic E-state index is 14.6. The van der Waals surface area contributed by atoms with Gasteiger partial charge >= 0.3 is 5.69 Å². The van der Waals surface area contributed by atoms with E-state index < -0.39 is 29.1 Å². The van der Waals surface area contributed by atoms with Gasteiger partial charge in [-0.25, -0.2) is 18.6 Å². The van der Waals surface area contributed by atoms with E-state index >= 15 is 0 Å². The second-order valence-corrected chi connectivity index (χ2v) is 7.13. The molecular formula is C18H16F2N4O3S. The molecule has 1 amide bonds. The van der Waals surface area contributed by atoms with E-state index in [1.165, 1.54) is 18.3 Å². The number of benzene rings is 1. The lowest BCUT2D eigenvalue weighted by molar-refractivity contribution is 0.100. The predicted octanol–water partition coefficient (Wildman–Crippen LogP) is 2.71. The van der Waals surface area contributed by atoms with Gasteiger partial charge in [0.25, 0.3) is 5.91 Å². The molecule has 3 aromatic rings. The van der Waals surface area contributed by atoms with Gasteiger partial charge < -0.3 is 16.2 Å². The Hall–Kier alpha value is -3.11. The highest BCUT2D eigenvalue weighted by molar-refractivity contribution is 7.20. The second kappa shape index (κ2) is 7.87. The van der Waals surface area contributed by atoms with E-state index in [-0.39, 0.29) is 33.4 Å². The van der Waals surface area contributed by atoms with Gasteiger partial charge in [-0.3, -0.25) is 9.78 Å². The molecule has 0 saturated heterocycles. The molecule has 2 aromatic heterocycles. The monoisotopic (exact) mass is 406 g/mol. The number of amides is 1. The van der Waals surface area contributed by atoms with Crippen molar-refractivity contribution < 1.29 is 18.7 Å². The number of nitrogens with zero attached hydrogens (tertiary/aromatic N) is 1. The number of hydrogen-bond acceptors (Lipinski definition) is 6. The number of hydrogen-bond donors (Lipinski definition) is 4. The van der Waals surface area contributed by atoms with Crippen LogP contribution in [0.25, 0.3) is 10.4 Å². The van der Waals surface area contributed by atoms with Gasteiger partial charge in [0.15, 0.2) is 0 Å². The molecule has 0 spiro atoms. The van der Waals surface area contributed by atoms with Crippen molar-refractivity contribution in [3.8, 4) is 10.4 Å². The maximum absolute atomic E-state index is 14.6. The van der Waals surface area contributed by atoms with Crippen LogP contribution in [0.1, 0.15) is 28.8 Å². The van der Waals surface area contributed by atoms with Gasteiger partial charge in [-0.05, 0) is 29.8 Å². The van der Waals surface area contributed by atoms with Crippen molar-refractivity contribution in [1.29, 1.82) is 0 Å². The second-order valence-electron chi connectivity index (χ2n) is 6.07. The van der Waals surface area contributed by atoms with Crippen LogP contribution in [0.4, 0.5) is 19.6 Å². The molecule has 1 aromatic carbocycles. The Kier molecular flexibility index (Phi) is 5.52. The standard InChI is InChI=1S/C18H16F2N4O3S/c1-8(7-25)9-4-11(19)15(12(20)5-9)13-6-10(16(21)26)17(28-13)23-14-2-3-22-18(27)24-14/h2-6,8,25H,7H2,1H3,(H2,21,26)(H2,22,23,24,27). The van der Waals surface area contributed by atoms with Crippen LogP contribution in [0, 0.1) is 11.6 Å². The molecule has 1 unspecified atom stereocenters. The fraction of sp³-hybridized carbons (Fsp3) is 0.167. The zero-order valence-corrected chi connectivity index (χ0v) is 15.4. The Balaban J connectivity index is 2.06. The van der Waals surface area contributed by atoms with Crippen molar-refractivity contribution >= 4 is 28.1 Å². The molecule has 0 radical (unpaired) electrons. The van der Waals surface area contributed by atoms with Crippen LogP contribution in [0.3, 0.4) is 0 Å². The van der Waals surface area contributed by atoms with Crippen molar-refractivity contribution in [3.05, 3.63) is 63.7 Å². The number of aromatic amines is 1. The van der Waals surface area contributed by atoms with Crippen LogP contribution in [-0.2, 0) is 0 Å². The number of nitrogens with two attached hydrogens (primary N) is 1. The van der Waals surface area contributed by atoms with E-state index in [1.54, 1.807) is 6.92 Å². The number of carbonyl (C=O) groups excluding carboxylic acids is 1. The molecule has 0 aliphatic heterocycles. The van der Waals surface area contributed by atoms with Crippen LogP contribution in [0.5, 0.6) is 0 Å². The zero-order chi connectivity index (χ0) is 20.4. The van der Waals surface area contributed by atoms with Gasteiger partial charge in [-0.1, -0.05) is 6.92 Å². The molecule has 0 aliphatic carbocycles. The number of aromatic nitrogens is 2. The number of anilines is 2. The topological polar surface area (TPSA) is 121 Å². The summed E-state index contributed by atoms with van der Waals surface area (Å²) >= 11 is 0.906. The maximum Gasteiger partial charge on any atom is 0.346 e. The Labute approximate surface area is 161 Å². The SMILES string of the molecule is CC(CO)c1cc(F)c(-c2cc(C(N)=O)c(Nc3ccnc(=O)[nH]3)s2)c(F)c1. The zero-order valence-electron chi connectivity index (χ0n) is 14.6. The number of carbonyl (C=O) groups is 1. The predicted molar refractivity (Wildman–Crippen MR) is 102 cm³/mol. The van der Waals surface area contributed by atoms with E-state index in [9.17, 15) is 23.5 Å². The van der Waals surface area contributed by atoms with Gasteiger partial charge in [0, 0.05) is 23.6 Å². The lowest BCUT2D eigenvalue weighted by atomic mass is 9.99. The van der Waals surface area contributed by atoms with E-state index in [0.29, 0.717) is 5.56 Å². The molecule has 7 nitrogen and oxygen atoms in total. The van der Waals surface area contributed by atoms with Crippen molar-refractivity contribution in [2.45, 2.75) is 12.8 Å². The van der Waals surface area contributed by atoms with Gasteiger partial charge in [0.1, 0.15) is 22.5 Å². The Morgan fingerprint density at radius 2 is 2.04 bits per heavy atom. The van der Waals surface area contributed by atoms with Gasteiger partial charge in [-0.2, -0.15) is 0 Å². The first-order valence-electron chi connectivity index (χ1n) is 8.16. The van der Waals surface area contributed by atoms with Crippen molar-refractivity contribution in [2.75, 3.05) is 11.9 Å². The first-order valence-corrected chi connectivity index (χ1v) is 8.98. The molecule has 2 heterocycles. The molecule has 146 valence electrons. The number of aliphatic hydroxyl groups excluding tert-OH is 1. The van der Waals surface area contributed by atoms with E-state index in [4.69, 9.17) is 5.73 Å². The van der Waals surface area contributed by atoms with Gasteiger partial charge in [0.05, 0.1) is 11.1 Å². The number of thiophene rings is 1. The highest BCUT2D eigenvalue weighted by Gasteiger charge is 2.21. The minimum Gasteiger partial charge on any atom is -0.396 e. The lowest BCUT2D eigenvalue weighted by Crippen LogP contribution is -2.13. The summed E-state index contributed by atoms with van der Waals surface area (Å²) in [6.07, 6.45) is 1.26. The molecule has 0 fully saturated rings. The van der Waals surface area contributed by atoms with Crippen molar-refractivity contribution in [1.82, 2.24) is 9.97 Å². The summed E-state index contributed by atoms with van der Waals surface area (Å²) in [6.45, 7) is 1.39. The molecule has 0 bridgehead atoms. The smallest absolute Gasteiger partial charge is 0.346 e. The van der Waals surface area contributed by atoms with E-state index in [1.807, 2.05) is 0 Å². The van der Waals surface area contributed by atoms with Crippen LogP contribution in [0.15, 0.2) is 35.3 Å². The number of H-pyrrole nitrogens is 1. The number of rotatable bonds is 6. The Bertz CT molecular complexity index is 1070. The highest BCUT2D eigenvalue weighted by atomic mass is 32.1. The lowest BCUT2D eigenvalue weighted by Gasteiger charge is -2.11. The highest BCUT2D eigenvalue weighted by Crippen LogP contribution is 2.39. The quantitative estimate of drug-likeness (QED) is 0.502. The minimum atomic E-state index is -0.823. The summed E-state index contributed by atoms with van der Waals surface area (Å²) in [7, 11) is 0. The van der Waals surface area contributed by atoms with Crippen LogP contribution in [0.2, 0.25) is 0 Å². The molecule has 1 atom stereocenters. The average molecular weight is 406 g/mol. The van der Waals surface area contributed by atoms with Crippen molar-refractivity contribution in [2.24, 2.45) is 5.73 Å². The van der Waals surface area contributed by atoms with Crippen LogP contribution >= 0.6 is 11.3 Å². The summed E-state index contributed by atoms with van der Waals surface area (Å²) < 4.78 is 29.2. The number of halogens is 2. The average Bonchev–Trinajstić information content (AvgIpc) is 3.04.